The highest BCUT2D eigenvalue weighted by Gasteiger charge is 1.99. The number of hydrogen-bond acceptors (Lipinski definition) is 3. The molecule has 0 aromatic heterocycles. The normalized spacial score (nSPS) is 11.4. The average molecular weight is 252 g/mol. The monoisotopic (exact) mass is 252 g/mol. The standard InChI is InChI=1S/C14H24N2S/c1-12(2)15-11-13-6-5-7-14(10-13)17-9-8-16(3)4/h5-7,10,12,15H,8-9,11H2,1-4H3. The maximum Gasteiger partial charge on any atom is 0.0208 e. The first-order valence-electron chi connectivity index (χ1n) is 6.18. The van der Waals surface area contributed by atoms with Crippen LogP contribution >= 0.6 is 11.8 Å². The minimum atomic E-state index is 0.542. The molecule has 96 valence electrons. The molecule has 0 heterocycles. The topological polar surface area (TPSA) is 15.3 Å². The first-order valence-corrected chi connectivity index (χ1v) is 7.16. The van der Waals surface area contributed by atoms with Gasteiger partial charge in [0.15, 0.2) is 0 Å². The maximum absolute atomic E-state index is 3.45. The number of hydrogen-bond donors (Lipinski definition) is 1. The van der Waals surface area contributed by atoms with E-state index in [4.69, 9.17) is 0 Å². The molecule has 0 saturated carbocycles. The van der Waals surface area contributed by atoms with Gasteiger partial charge < -0.3 is 10.2 Å². The maximum atomic E-state index is 3.45. The van der Waals surface area contributed by atoms with Gasteiger partial charge in [-0.3, -0.25) is 0 Å². The summed E-state index contributed by atoms with van der Waals surface area (Å²) in [5, 5.41) is 3.45. The van der Waals surface area contributed by atoms with Crippen LogP contribution in [0.15, 0.2) is 29.2 Å². The Morgan fingerprint density at radius 2 is 2.06 bits per heavy atom. The Labute approximate surface area is 110 Å². The molecule has 0 radical (unpaired) electrons. The molecule has 2 nitrogen and oxygen atoms in total. The van der Waals surface area contributed by atoms with Gasteiger partial charge in [0.25, 0.3) is 0 Å². The van der Waals surface area contributed by atoms with Crippen molar-refractivity contribution in [3.63, 3.8) is 0 Å². The SMILES string of the molecule is CC(C)NCc1cccc(SCCN(C)C)c1. The Bertz CT molecular complexity index is 324. The third-order valence-electron chi connectivity index (χ3n) is 2.42. The van der Waals surface area contributed by atoms with E-state index in [9.17, 15) is 0 Å². The highest BCUT2D eigenvalue weighted by molar-refractivity contribution is 7.99. The summed E-state index contributed by atoms with van der Waals surface area (Å²) in [5.41, 5.74) is 1.37. The van der Waals surface area contributed by atoms with Crippen molar-refractivity contribution >= 4 is 11.8 Å². The molecule has 1 N–H and O–H groups in total. The van der Waals surface area contributed by atoms with Gasteiger partial charge in [-0.2, -0.15) is 0 Å². The fourth-order valence-electron chi connectivity index (χ4n) is 1.41. The minimum absolute atomic E-state index is 0.542. The number of nitrogens with one attached hydrogen (secondary N) is 1. The molecule has 1 aromatic rings. The third kappa shape index (κ3) is 6.71. The first-order chi connectivity index (χ1) is 8.08. The lowest BCUT2D eigenvalue weighted by molar-refractivity contribution is 0.437. The van der Waals surface area contributed by atoms with Gasteiger partial charge in [-0.05, 0) is 31.8 Å². The molecule has 1 rings (SSSR count). The van der Waals surface area contributed by atoms with Crippen molar-refractivity contribution in [2.75, 3.05) is 26.4 Å². The number of nitrogens with zero attached hydrogens (tertiary/aromatic N) is 1. The van der Waals surface area contributed by atoms with E-state index in [-0.39, 0.29) is 0 Å². The van der Waals surface area contributed by atoms with Crippen molar-refractivity contribution in [2.24, 2.45) is 0 Å². The van der Waals surface area contributed by atoms with Gasteiger partial charge in [0.1, 0.15) is 0 Å². The predicted octanol–water partition coefficient (Wildman–Crippen LogP) is 2.84. The summed E-state index contributed by atoms with van der Waals surface area (Å²) < 4.78 is 0. The predicted molar refractivity (Wildman–Crippen MR) is 77.7 cm³/mol. The van der Waals surface area contributed by atoms with Crippen LogP contribution in [0.25, 0.3) is 0 Å². The molecule has 3 heteroatoms. The van der Waals surface area contributed by atoms with Crippen LogP contribution in [0.5, 0.6) is 0 Å². The van der Waals surface area contributed by atoms with Gasteiger partial charge in [0.05, 0.1) is 0 Å². The van der Waals surface area contributed by atoms with E-state index in [1.807, 2.05) is 11.8 Å². The van der Waals surface area contributed by atoms with E-state index < -0.39 is 0 Å². The van der Waals surface area contributed by atoms with Gasteiger partial charge >= 0.3 is 0 Å². The Kier molecular flexibility index (Phi) is 6.63. The summed E-state index contributed by atoms with van der Waals surface area (Å²) in [6, 6.07) is 9.36. The van der Waals surface area contributed by atoms with Crippen LogP contribution in [0.1, 0.15) is 19.4 Å². The molecule has 0 atom stereocenters. The molecule has 0 unspecified atom stereocenters. The van der Waals surface area contributed by atoms with E-state index in [1.54, 1.807) is 0 Å². The lowest BCUT2D eigenvalue weighted by Gasteiger charge is -2.11. The number of rotatable bonds is 7. The third-order valence-corrected chi connectivity index (χ3v) is 3.39. The minimum Gasteiger partial charge on any atom is -0.310 e. The lowest BCUT2D eigenvalue weighted by Crippen LogP contribution is -2.21. The molecule has 0 saturated heterocycles. The average Bonchev–Trinajstić information content (AvgIpc) is 2.26. The zero-order valence-electron chi connectivity index (χ0n) is 11.4. The molecular weight excluding hydrogens is 228 g/mol. The quantitative estimate of drug-likeness (QED) is 0.751. The molecule has 0 spiro atoms. The van der Waals surface area contributed by atoms with Crippen molar-refractivity contribution in [2.45, 2.75) is 31.3 Å². The van der Waals surface area contributed by atoms with Crippen LogP contribution < -0.4 is 5.32 Å². The second-order valence-electron chi connectivity index (χ2n) is 4.83. The number of thioether (sulfide) groups is 1. The van der Waals surface area contributed by atoms with Crippen LogP contribution in [0.2, 0.25) is 0 Å². The van der Waals surface area contributed by atoms with Gasteiger partial charge in [0.2, 0.25) is 0 Å². The van der Waals surface area contributed by atoms with Crippen molar-refractivity contribution in [1.29, 1.82) is 0 Å². The van der Waals surface area contributed by atoms with Gasteiger partial charge in [-0.25, -0.2) is 0 Å². The Hall–Kier alpha value is -0.510. The fraction of sp³-hybridized carbons (Fsp3) is 0.571. The Balaban J connectivity index is 2.42. The van der Waals surface area contributed by atoms with Crippen LogP contribution in [-0.2, 0) is 6.54 Å². The van der Waals surface area contributed by atoms with Crippen LogP contribution in [0.3, 0.4) is 0 Å². The summed E-state index contributed by atoms with van der Waals surface area (Å²) in [6.07, 6.45) is 0. The van der Waals surface area contributed by atoms with E-state index in [0.29, 0.717) is 6.04 Å². The highest BCUT2D eigenvalue weighted by Crippen LogP contribution is 2.19. The van der Waals surface area contributed by atoms with E-state index in [0.717, 1.165) is 18.8 Å². The summed E-state index contributed by atoms with van der Waals surface area (Å²) in [4.78, 5) is 3.59. The van der Waals surface area contributed by atoms with E-state index >= 15 is 0 Å². The fourth-order valence-corrected chi connectivity index (χ4v) is 2.51. The smallest absolute Gasteiger partial charge is 0.0208 e. The molecule has 1 aromatic carbocycles. The second kappa shape index (κ2) is 7.75. The summed E-state index contributed by atoms with van der Waals surface area (Å²) in [6.45, 7) is 6.43. The van der Waals surface area contributed by atoms with Crippen molar-refractivity contribution in [3.05, 3.63) is 29.8 Å². The van der Waals surface area contributed by atoms with Crippen molar-refractivity contribution in [1.82, 2.24) is 10.2 Å². The largest absolute Gasteiger partial charge is 0.310 e. The first kappa shape index (κ1) is 14.6. The molecule has 17 heavy (non-hydrogen) atoms. The van der Waals surface area contributed by atoms with Crippen LogP contribution in [-0.4, -0.2) is 37.3 Å². The van der Waals surface area contributed by atoms with Crippen molar-refractivity contribution < 1.29 is 0 Å². The molecule has 0 fully saturated rings. The van der Waals surface area contributed by atoms with Gasteiger partial charge in [-0.15, -0.1) is 11.8 Å². The van der Waals surface area contributed by atoms with E-state index in [1.165, 1.54) is 10.5 Å². The summed E-state index contributed by atoms with van der Waals surface area (Å²) in [7, 11) is 4.23. The molecule has 0 aliphatic carbocycles. The Morgan fingerprint density at radius 1 is 1.29 bits per heavy atom. The van der Waals surface area contributed by atoms with Crippen LogP contribution in [0, 0.1) is 0 Å². The highest BCUT2D eigenvalue weighted by atomic mass is 32.2. The summed E-state index contributed by atoms with van der Waals surface area (Å²) >= 11 is 1.93. The molecular formula is C14H24N2S. The second-order valence-corrected chi connectivity index (χ2v) is 6.00. The summed E-state index contributed by atoms with van der Waals surface area (Å²) in [5.74, 6) is 1.15. The number of benzene rings is 1. The van der Waals surface area contributed by atoms with Gasteiger partial charge in [0, 0.05) is 29.8 Å². The zero-order valence-corrected chi connectivity index (χ0v) is 12.2. The van der Waals surface area contributed by atoms with E-state index in [2.05, 4.69) is 62.4 Å². The molecule has 0 bridgehead atoms. The molecule has 0 amide bonds. The zero-order chi connectivity index (χ0) is 12.7. The molecule has 0 aliphatic rings. The lowest BCUT2D eigenvalue weighted by atomic mass is 10.2. The Morgan fingerprint density at radius 3 is 2.71 bits per heavy atom. The van der Waals surface area contributed by atoms with Gasteiger partial charge in [-0.1, -0.05) is 26.0 Å². The molecule has 0 aliphatic heterocycles. The van der Waals surface area contributed by atoms with Crippen LogP contribution in [0.4, 0.5) is 0 Å². The van der Waals surface area contributed by atoms with Crippen molar-refractivity contribution in [3.8, 4) is 0 Å².